The largest absolute Gasteiger partial charge is 0.844 e. The number of hydrogen-bond acceptors (Lipinski definition) is 0. The summed E-state index contributed by atoms with van der Waals surface area (Å²) in [6, 6.07) is 3.89. The summed E-state index contributed by atoms with van der Waals surface area (Å²) >= 11 is 0. The maximum Gasteiger partial charge on any atom is 0.844 e. The number of rotatable bonds is 0. The summed E-state index contributed by atoms with van der Waals surface area (Å²) in [7, 11) is -6.61. The van der Waals surface area contributed by atoms with Gasteiger partial charge < -0.3 is 4.98 Å². The van der Waals surface area contributed by atoms with Crippen LogP contribution in [-0.2, 0) is 0 Å². The molecule has 6 heteroatoms. The van der Waals surface area contributed by atoms with Gasteiger partial charge in [-0.25, -0.2) is 16.4 Å². The number of nitrogens with one attached hydrogen (secondary N) is 1. The summed E-state index contributed by atoms with van der Waals surface area (Å²) in [4.78, 5) is 2.86. The van der Waals surface area contributed by atoms with Gasteiger partial charge in [0.1, 0.15) is 0 Å². The van der Waals surface area contributed by atoms with E-state index in [0.717, 1.165) is 0 Å². The molecule has 1 aromatic heterocycles. The lowest BCUT2D eigenvalue weighted by Crippen LogP contribution is -2.02. The highest BCUT2D eigenvalue weighted by Crippen LogP contribution is 2.06. The quantitative estimate of drug-likeness (QED) is 0.350. The standard InChI is InChI=1S/C4H5N.F4Si/c1-2-4-5-3-1;1-5(2,3)4/h1-5H;. The van der Waals surface area contributed by atoms with Crippen molar-refractivity contribution in [3.8, 4) is 0 Å². The first-order chi connectivity index (χ1) is 4.50. The van der Waals surface area contributed by atoms with E-state index in [1.165, 1.54) is 0 Å². The Morgan fingerprint density at radius 3 is 1.30 bits per heavy atom. The molecule has 0 fully saturated rings. The molecule has 0 amide bonds. The fraction of sp³-hybridized carbons (Fsp3) is 0. The predicted octanol–water partition coefficient (Wildman–Crippen LogP) is 2.31. The second-order valence-corrected chi connectivity index (χ2v) is 2.17. The molecule has 1 nitrogen and oxygen atoms in total. The molecule has 1 rings (SSSR count). The van der Waals surface area contributed by atoms with Crippen LogP contribution in [0.25, 0.3) is 0 Å². The molecule has 58 valence electrons. The van der Waals surface area contributed by atoms with E-state index in [2.05, 4.69) is 4.98 Å². The molecule has 0 radical (unpaired) electrons. The maximum absolute atomic E-state index is 9.83. The lowest BCUT2D eigenvalue weighted by atomic mass is 10.7. The molecule has 0 saturated heterocycles. The fourth-order valence-electron chi connectivity index (χ4n) is 0.278. The average molecular weight is 171 g/mol. The highest BCUT2D eigenvalue weighted by molar-refractivity contribution is 6.50. The molecule has 1 aromatic rings. The molecule has 0 aliphatic heterocycles. The van der Waals surface area contributed by atoms with Gasteiger partial charge in [0, 0.05) is 12.4 Å². The highest BCUT2D eigenvalue weighted by atomic mass is 28.5. The highest BCUT2D eigenvalue weighted by Gasteiger charge is 2.39. The molecule has 0 aliphatic rings. The summed E-state index contributed by atoms with van der Waals surface area (Å²) in [5, 5.41) is 0. The Morgan fingerprint density at radius 1 is 0.900 bits per heavy atom. The molecule has 1 N–H and O–H groups in total. The van der Waals surface area contributed by atoms with E-state index in [9.17, 15) is 16.4 Å². The topological polar surface area (TPSA) is 15.8 Å². The van der Waals surface area contributed by atoms with Crippen LogP contribution >= 0.6 is 0 Å². The summed E-state index contributed by atoms with van der Waals surface area (Å²) in [5.41, 5.74) is 0. The van der Waals surface area contributed by atoms with Crippen LogP contribution in [-0.4, -0.2) is 14.4 Å². The Morgan fingerprint density at radius 2 is 1.20 bits per heavy atom. The van der Waals surface area contributed by atoms with Crippen LogP contribution in [0.4, 0.5) is 16.4 Å². The first-order valence-electron chi connectivity index (χ1n) is 2.33. The van der Waals surface area contributed by atoms with Gasteiger partial charge in [-0.15, -0.1) is 0 Å². The van der Waals surface area contributed by atoms with E-state index in [1.807, 2.05) is 24.5 Å². The molecular formula is C4H5F4NSi. The summed E-state index contributed by atoms with van der Waals surface area (Å²) in [6.07, 6.45) is 3.75. The third-order valence-electron chi connectivity index (χ3n) is 0.496. The summed E-state index contributed by atoms with van der Waals surface area (Å²) in [6.45, 7) is 0. The third kappa shape index (κ3) is 15.7. The third-order valence-corrected chi connectivity index (χ3v) is 0.496. The summed E-state index contributed by atoms with van der Waals surface area (Å²) in [5.74, 6) is 0. The minimum Gasteiger partial charge on any atom is -0.368 e. The van der Waals surface area contributed by atoms with Gasteiger partial charge in [0.15, 0.2) is 0 Å². The summed E-state index contributed by atoms with van der Waals surface area (Å²) < 4.78 is 39.3. The number of aromatic amines is 1. The van der Waals surface area contributed by atoms with E-state index in [1.54, 1.807) is 0 Å². The van der Waals surface area contributed by atoms with Crippen LogP contribution < -0.4 is 0 Å². The molecule has 0 spiro atoms. The average Bonchev–Trinajstić information content (AvgIpc) is 2.07. The predicted molar refractivity (Wildman–Crippen MR) is 31.0 cm³/mol. The monoisotopic (exact) mass is 171 g/mol. The molecule has 0 bridgehead atoms. The second-order valence-electron chi connectivity index (χ2n) is 1.31. The van der Waals surface area contributed by atoms with Gasteiger partial charge in [0.05, 0.1) is 0 Å². The van der Waals surface area contributed by atoms with Crippen LogP contribution in [0, 0.1) is 0 Å². The van der Waals surface area contributed by atoms with Gasteiger partial charge in [-0.05, 0) is 12.1 Å². The van der Waals surface area contributed by atoms with Crippen molar-refractivity contribution in [2.24, 2.45) is 0 Å². The zero-order chi connectivity index (χ0) is 8.04. The number of aromatic nitrogens is 1. The van der Waals surface area contributed by atoms with Crippen LogP contribution in [0.5, 0.6) is 0 Å². The lowest BCUT2D eigenvalue weighted by molar-refractivity contribution is 0.368. The van der Waals surface area contributed by atoms with E-state index in [4.69, 9.17) is 0 Å². The normalized spacial score (nSPS) is 10.0. The van der Waals surface area contributed by atoms with E-state index < -0.39 is 9.41 Å². The van der Waals surface area contributed by atoms with Gasteiger partial charge in [0.2, 0.25) is 0 Å². The van der Waals surface area contributed by atoms with Crippen LogP contribution in [0.1, 0.15) is 0 Å². The number of halogens is 4. The fourth-order valence-corrected chi connectivity index (χ4v) is 0.278. The minimum atomic E-state index is -6.61. The number of H-pyrrole nitrogens is 1. The Labute approximate surface area is 56.4 Å². The van der Waals surface area contributed by atoms with Crippen molar-refractivity contribution in [1.29, 1.82) is 0 Å². The molecule has 0 saturated carbocycles. The van der Waals surface area contributed by atoms with Crippen molar-refractivity contribution in [2.45, 2.75) is 0 Å². The minimum absolute atomic E-state index is 1.88. The molecule has 1 heterocycles. The van der Waals surface area contributed by atoms with Crippen molar-refractivity contribution in [3.63, 3.8) is 0 Å². The molecule has 0 unspecified atom stereocenters. The molecule has 0 aliphatic carbocycles. The van der Waals surface area contributed by atoms with Crippen molar-refractivity contribution < 1.29 is 16.4 Å². The first kappa shape index (κ1) is 9.22. The Bertz CT molecular complexity index is 124. The Hall–Kier alpha value is -0.783. The second kappa shape index (κ2) is 4.10. The van der Waals surface area contributed by atoms with Gasteiger partial charge in [-0.1, -0.05) is 0 Å². The molecule has 0 aromatic carbocycles. The van der Waals surface area contributed by atoms with Crippen LogP contribution in [0.2, 0.25) is 0 Å². The van der Waals surface area contributed by atoms with E-state index in [0.29, 0.717) is 0 Å². The van der Waals surface area contributed by atoms with E-state index >= 15 is 0 Å². The molecule has 0 atom stereocenters. The van der Waals surface area contributed by atoms with Gasteiger partial charge >= 0.3 is 9.41 Å². The van der Waals surface area contributed by atoms with Crippen LogP contribution in [0.3, 0.4) is 0 Å². The van der Waals surface area contributed by atoms with Crippen molar-refractivity contribution in [1.82, 2.24) is 4.98 Å². The zero-order valence-electron chi connectivity index (χ0n) is 4.82. The smallest absolute Gasteiger partial charge is 0.368 e. The first-order valence-corrected chi connectivity index (χ1v) is 3.85. The zero-order valence-corrected chi connectivity index (χ0v) is 5.82. The maximum atomic E-state index is 9.83. The van der Waals surface area contributed by atoms with Gasteiger partial charge in [-0.3, -0.25) is 0 Å². The van der Waals surface area contributed by atoms with E-state index in [-0.39, 0.29) is 0 Å². The molecule has 10 heavy (non-hydrogen) atoms. The van der Waals surface area contributed by atoms with Crippen molar-refractivity contribution >= 4 is 9.41 Å². The van der Waals surface area contributed by atoms with Gasteiger partial charge in [0.25, 0.3) is 0 Å². The SMILES string of the molecule is F[Si](F)(F)F.c1cc[nH]c1. The van der Waals surface area contributed by atoms with Crippen molar-refractivity contribution in [2.75, 3.05) is 0 Å². The van der Waals surface area contributed by atoms with Crippen LogP contribution in [0.15, 0.2) is 24.5 Å². The van der Waals surface area contributed by atoms with Gasteiger partial charge in [-0.2, -0.15) is 0 Å². The Balaban J connectivity index is 0.000000162. The number of hydrogen-bond donors (Lipinski definition) is 1. The lowest BCUT2D eigenvalue weighted by Gasteiger charge is -1.75. The van der Waals surface area contributed by atoms with Crippen molar-refractivity contribution in [3.05, 3.63) is 24.5 Å². The molecular weight excluding hydrogens is 166 g/mol. The Kier molecular flexibility index (Phi) is 3.78.